The minimum atomic E-state index is -3.06. The third kappa shape index (κ3) is 4.26. The lowest BCUT2D eigenvalue weighted by Crippen LogP contribution is -2.43. The predicted molar refractivity (Wildman–Crippen MR) is 106 cm³/mol. The molecular formula is C21H27NO3S. The fourth-order valence-corrected chi connectivity index (χ4v) is 5.92. The van der Waals surface area contributed by atoms with Crippen LogP contribution in [-0.4, -0.2) is 43.3 Å². The SMILES string of the molecule is CC(C)CS(=O)(=O)C1CCN(C(=O)Cc2cccc3ccccc23)CC1. The van der Waals surface area contributed by atoms with Gasteiger partial charge >= 0.3 is 0 Å². The van der Waals surface area contributed by atoms with Crippen LogP contribution in [0.25, 0.3) is 10.8 Å². The van der Waals surface area contributed by atoms with Crippen LogP contribution in [0.5, 0.6) is 0 Å². The number of rotatable bonds is 5. The van der Waals surface area contributed by atoms with E-state index in [0.717, 1.165) is 16.3 Å². The highest BCUT2D eigenvalue weighted by atomic mass is 32.2. The van der Waals surface area contributed by atoms with E-state index in [0.29, 0.717) is 32.4 Å². The molecule has 0 atom stereocenters. The molecule has 1 heterocycles. The first kappa shape index (κ1) is 18.9. The molecule has 0 unspecified atom stereocenters. The number of fused-ring (bicyclic) bond motifs is 1. The highest BCUT2D eigenvalue weighted by molar-refractivity contribution is 7.92. The number of amides is 1. The molecule has 5 heteroatoms. The molecule has 0 aromatic heterocycles. The van der Waals surface area contributed by atoms with Crippen molar-refractivity contribution >= 4 is 26.5 Å². The van der Waals surface area contributed by atoms with Crippen LogP contribution in [0.2, 0.25) is 0 Å². The summed E-state index contributed by atoms with van der Waals surface area (Å²) in [6.07, 6.45) is 1.47. The molecular weight excluding hydrogens is 346 g/mol. The van der Waals surface area contributed by atoms with Gasteiger partial charge in [0.1, 0.15) is 0 Å². The van der Waals surface area contributed by atoms with Crippen LogP contribution in [0.3, 0.4) is 0 Å². The number of sulfone groups is 1. The van der Waals surface area contributed by atoms with E-state index in [-0.39, 0.29) is 22.8 Å². The minimum Gasteiger partial charge on any atom is -0.342 e. The Bertz CT molecular complexity index is 876. The Balaban J connectivity index is 1.64. The summed E-state index contributed by atoms with van der Waals surface area (Å²) in [5.41, 5.74) is 1.03. The molecule has 0 bridgehead atoms. The Morgan fingerprint density at radius 1 is 1.08 bits per heavy atom. The third-order valence-electron chi connectivity index (χ3n) is 5.09. The Labute approximate surface area is 156 Å². The second-order valence-corrected chi connectivity index (χ2v) is 9.94. The van der Waals surface area contributed by atoms with Crippen LogP contribution in [0.15, 0.2) is 42.5 Å². The van der Waals surface area contributed by atoms with Crippen molar-refractivity contribution in [3.8, 4) is 0 Å². The zero-order valence-corrected chi connectivity index (χ0v) is 16.3. The van der Waals surface area contributed by atoms with Crippen LogP contribution in [0, 0.1) is 5.92 Å². The number of nitrogens with zero attached hydrogens (tertiary/aromatic N) is 1. The van der Waals surface area contributed by atoms with Gasteiger partial charge in [0.2, 0.25) is 5.91 Å². The van der Waals surface area contributed by atoms with E-state index in [1.165, 1.54) is 0 Å². The van der Waals surface area contributed by atoms with Gasteiger partial charge in [0, 0.05) is 13.1 Å². The number of carbonyl (C=O) groups excluding carboxylic acids is 1. The Hall–Kier alpha value is -1.88. The predicted octanol–water partition coefficient (Wildman–Crippen LogP) is 3.44. The summed E-state index contributed by atoms with van der Waals surface area (Å²) in [4.78, 5) is 14.5. The molecule has 0 N–H and O–H groups in total. The van der Waals surface area contributed by atoms with Gasteiger partial charge < -0.3 is 4.90 Å². The maximum absolute atomic E-state index is 12.7. The average Bonchev–Trinajstić information content (AvgIpc) is 2.61. The topological polar surface area (TPSA) is 54.5 Å². The summed E-state index contributed by atoms with van der Waals surface area (Å²) in [5.74, 6) is 0.466. The van der Waals surface area contributed by atoms with Crippen LogP contribution < -0.4 is 0 Å². The van der Waals surface area contributed by atoms with Crippen LogP contribution in [0.1, 0.15) is 32.3 Å². The number of hydrogen-bond acceptors (Lipinski definition) is 3. The van der Waals surface area contributed by atoms with Crippen molar-refractivity contribution in [3.63, 3.8) is 0 Å². The fourth-order valence-electron chi connectivity index (χ4n) is 3.79. The van der Waals surface area contributed by atoms with Crippen molar-refractivity contribution in [2.45, 2.75) is 38.4 Å². The number of piperidine rings is 1. The monoisotopic (exact) mass is 373 g/mol. The average molecular weight is 374 g/mol. The Morgan fingerprint density at radius 2 is 1.73 bits per heavy atom. The van der Waals surface area contributed by atoms with E-state index in [2.05, 4.69) is 0 Å². The zero-order valence-electron chi connectivity index (χ0n) is 15.5. The van der Waals surface area contributed by atoms with Gasteiger partial charge in [-0.15, -0.1) is 0 Å². The first-order valence-corrected chi connectivity index (χ1v) is 11.0. The minimum absolute atomic E-state index is 0.0843. The second kappa shape index (κ2) is 7.78. The molecule has 0 aliphatic carbocycles. The van der Waals surface area contributed by atoms with Crippen molar-refractivity contribution < 1.29 is 13.2 Å². The molecule has 140 valence electrons. The maximum Gasteiger partial charge on any atom is 0.227 e. The highest BCUT2D eigenvalue weighted by Gasteiger charge is 2.31. The molecule has 1 amide bonds. The largest absolute Gasteiger partial charge is 0.342 e. The summed E-state index contributed by atoms with van der Waals surface area (Å²) in [7, 11) is -3.06. The van der Waals surface area contributed by atoms with E-state index in [1.54, 1.807) is 0 Å². The molecule has 0 radical (unpaired) electrons. The van der Waals surface area contributed by atoms with Gasteiger partial charge in [0.05, 0.1) is 17.4 Å². The second-order valence-electron chi connectivity index (χ2n) is 7.62. The quantitative estimate of drug-likeness (QED) is 0.807. The Kier molecular flexibility index (Phi) is 5.66. The number of carbonyl (C=O) groups is 1. The lowest BCUT2D eigenvalue weighted by atomic mass is 10.0. The van der Waals surface area contributed by atoms with Crippen LogP contribution >= 0.6 is 0 Å². The van der Waals surface area contributed by atoms with E-state index < -0.39 is 9.84 Å². The van der Waals surface area contributed by atoms with E-state index in [9.17, 15) is 13.2 Å². The summed E-state index contributed by atoms with van der Waals surface area (Å²) in [6.45, 7) is 4.93. The van der Waals surface area contributed by atoms with Gasteiger partial charge in [-0.2, -0.15) is 0 Å². The van der Waals surface area contributed by atoms with Gasteiger partial charge in [-0.1, -0.05) is 56.3 Å². The highest BCUT2D eigenvalue weighted by Crippen LogP contribution is 2.23. The van der Waals surface area contributed by atoms with Crippen molar-refractivity contribution in [1.82, 2.24) is 4.90 Å². The molecule has 1 fully saturated rings. The molecule has 1 aliphatic rings. The summed E-state index contributed by atoms with van der Waals surface area (Å²) in [6, 6.07) is 14.1. The van der Waals surface area contributed by atoms with Crippen LogP contribution in [-0.2, 0) is 21.1 Å². The molecule has 2 aromatic carbocycles. The first-order valence-electron chi connectivity index (χ1n) is 9.33. The van der Waals surface area contributed by atoms with E-state index in [4.69, 9.17) is 0 Å². The lowest BCUT2D eigenvalue weighted by molar-refractivity contribution is -0.131. The zero-order chi connectivity index (χ0) is 18.7. The Morgan fingerprint density at radius 3 is 2.42 bits per heavy atom. The standard InChI is InChI=1S/C21H27NO3S/c1-16(2)15-26(24,25)19-10-12-22(13-11-19)21(23)14-18-8-5-7-17-6-3-4-9-20(17)18/h3-9,16,19H,10-15H2,1-2H3. The van der Waals surface area contributed by atoms with Crippen molar-refractivity contribution in [1.29, 1.82) is 0 Å². The third-order valence-corrected chi connectivity index (χ3v) is 7.71. The number of hydrogen-bond donors (Lipinski definition) is 0. The van der Waals surface area contributed by atoms with Crippen molar-refractivity contribution in [3.05, 3.63) is 48.0 Å². The first-order chi connectivity index (χ1) is 12.4. The lowest BCUT2D eigenvalue weighted by Gasteiger charge is -2.32. The molecule has 26 heavy (non-hydrogen) atoms. The summed E-state index contributed by atoms with van der Waals surface area (Å²) in [5, 5.41) is 1.94. The van der Waals surface area contributed by atoms with E-state index in [1.807, 2.05) is 61.2 Å². The maximum atomic E-state index is 12.7. The van der Waals surface area contributed by atoms with Crippen LogP contribution in [0.4, 0.5) is 0 Å². The molecule has 4 nitrogen and oxygen atoms in total. The molecule has 0 saturated carbocycles. The van der Waals surface area contributed by atoms with Gasteiger partial charge in [-0.05, 0) is 35.1 Å². The van der Waals surface area contributed by atoms with Gasteiger partial charge in [-0.3, -0.25) is 4.79 Å². The molecule has 1 aliphatic heterocycles. The van der Waals surface area contributed by atoms with E-state index >= 15 is 0 Å². The smallest absolute Gasteiger partial charge is 0.227 e. The van der Waals surface area contributed by atoms with Gasteiger partial charge in [-0.25, -0.2) is 8.42 Å². The fraction of sp³-hybridized carbons (Fsp3) is 0.476. The molecule has 1 saturated heterocycles. The molecule has 2 aromatic rings. The van der Waals surface area contributed by atoms with Gasteiger partial charge in [0.25, 0.3) is 0 Å². The number of benzene rings is 2. The molecule has 0 spiro atoms. The summed E-state index contributed by atoms with van der Waals surface area (Å²) >= 11 is 0. The van der Waals surface area contributed by atoms with Crippen molar-refractivity contribution in [2.75, 3.05) is 18.8 Å². The van der Waals surface area contributed by atoms with Gasteiger partial charge in [0.15, 0.2) is 9.84 Å². The normalized spacial score (nSPS) is 16.3. The van der Waals surface area contributed by atoms with Crippen molar-refractivity contribution in [2.24, 2.45) is 5.92 Å². The number of likely N-dealkylation sites (tertiary alicyclic amines) is 1. The summed E-state index contributed by atoms with van der Waals surface area (Å²) < 4.78 is 24.8. The molecule has 3 rings (SSSR count).